The zero-order valence-electron chi connectivity index (χ0n) is 11.4. The van der Waals surface area contributed by atoms with Crippen LogP contribution in [0.5, 0.6) is 0 Å². The first kappa shape index (κ1) is 14.0. The molecule has 1 amide bonds. The first-order valence-electron chi connectivity index (χ1n) is 6.20. The van der Waals surface area contributed by atoms with Gasteiger partial charge in [0.1, 0.15) is 12.0 Å². The van der Waals surface area contributed by atoms with Crippen LogP contribution in [0.25, 0.3) is 5.70 Å². The van der Waals surface area contributed by atoms with Crippen LogP contribution in [0.2, 0.25) is 0 Å². The van der Waals surface area contributed by atoms with Crippen molar-refractivity contribution in [2.75, 3.05) is 19.5 Å². The number of thioether (sulfide) groups is 1. The average molecular weight is 311 g/mol. The van der Waals surface area contributed by atoms with Crippen molar-refractivity contribution in [3.05, 3.63) is 11.4 Å². The Hall–Kier alpha value is -1.94. The van der Waals surface area contributed by atoms with Crippen molar-refractivity contribution in [2.45, 2.75) is 18.4 Å². The minimum atomic E-state index is -0.466. The normalized spacial score (nSPS) is 24.7. The third kappa shape index (κ3) is 2.29. The van der Waals surface area contributed by atoms with E-state index in [1.807, 2.05) is 0 Å². The fraction of sp³-hybridized carbons (Fsp3) is 0.545. The standard InChI is InChI=1S/C11H13N5O4S/c1-5(17)20-3-6-4-21-11-8(19-2)10(18)16(11)7(6)9-12-14-15-13-9/h8,11H,3-4H2,1-2H3,(H,12,13,14,15)/t8-,11+/m0/s1. The molecule has 0 aliphatic carbocycles. The summed E-state index contributed by atoms with van der Waals surface area (Å²) in [7, 11) is 1.51. The van der Waals surface area contributed by atoms with Crippen LogP contribution in [-0.4, -0.2) is 68.3 Å². The topological polar surface area (TPSA) is 110 Å². The third-order valence-corrected chi connectivity index (χ3v) is 4.57. The first-order chi connectivity index (χ1) is 10.1. The highest BCUT2D eigenvalue weighted by atomic mass is 32.2. The Morgan fingerprint density at radius 3 is 3.00 bits per heavy atom. The predicted octanol–water partition coefficient (Wildman–Crippen LogP) is -0.596. The minimum absolute atomic E-state index is 0.0976. The number of aromatic amines is 1. The Morgan fingerprint density at radius 1 is 1.57 bits per heavy atom. The van der Waals surface area contributed by atoms with Gasteiger partial charge in [-0.3, -0.25) is 14.5 Å². The van der Waals surface area contributed by atoms with Gasteiger partial charge in [0.25, 0.3) is 5.91 Å². The zero-order chi connectivity index (χ0) is 15.0. The second-order valence-electron chi connectivity index (χ2n) is 4.53. The van der Waals surface area contributed by atoms with Gasteiger partial charge < -0.3 is 9.47 Å². The molecule has 2 atom stereocenters. The summed E-state index contributed by atoms with van der Waals surface area (Å²) >= 11 is 1.55. The van der Waals surface area contributed by atoms with Crippen LogP contribution < -0.4 is 0 Å². The smallest absolute Gasteiger partial charge is 0.302 e. The number of hydrogen-bond acceptors (Lipinski definition) is 8. The number of ether oxygens (including phenoxy) is 2. The Morgan fingerprint density at radius 2 is 2.38 bits per heavy atom. The van der Waals surface area contributed by atoms with E-state index in [-0.39, 0.29) is 23.9 Å². The van der Waals surface area contributed by atoms with Crippen LogP contribution in [0.4, 0.5) is 0 Å². The molecule has 10 heteroatoms. The highest BCUT2D eigenvalue weighted by molar-refractivity contribution is 8.00. The Labute approximate surface area is 124 Å². The number of aromatic nitrogens is 4. The summed E-state index contributed by atoms with van der Waals surface area (Å²) in [5, 5.41) is 13.6. The van der Waals surface area contributed by atoms with Crippen LogP contribution in [0.3, 0.4) is 0 Å². The van der Waals surface area contributed by atoms with E-state index < -0.39 is 6.10 Å². The molecule has 0 aromatic carbocycles. The van der Waals surface area contributed by atoms with Gasteiger partial charge in [0.05, 0.1) is 5.70 Å². The van der Waals surface area contributed by atoms with Crippen molar-refractivity contribution in [3.63, 3.8) is 0 Å². The van der Waals surface area contributed by atoms with Gasteiger partial charge in [-0.2, -0.15) is 5.21 Å². The van der Waals surface area contributed by atoms with Gasteiger partial charge in [0.2, 0.25) is 5.82 Å². The molecule has 1 N–H and O–H groups in total. The Bertz CT molecular complexity index is 602. The van der Waals surface area contributed by atoms with E-state index in [1.165, 1.54) is 14.0 Å². The van der Waals surface area contributed by atoms with E-state index in [4.69, 9.17) is 9.47 Å². The lowest BCUT2D eigenvalue weighted by molar-refractivity contribution is -0.155. The average Bonchev–Trinajstić information content (AvgIpc) is 2.98. The number of carbonyl (C=O) groups is 2. The number of H-pyrrole nitrogens is 1. The van der Waals surface area contributed by atoms with E-state index in [9.17, 15) is 9.59 Å². The van der Waals surface area contributed by atoms with Crippen LogP contribution in [0, 0.1) is 0 Å². The SMILES string of the molecule is CO[C@H]1C(=O)N2C(c3nn[nH]n3)=C(COC(C)=O)CS[C@H]12. The number of nitrogens with one attached hydrogen (secondary N) is 1. The number of hydrogen-bond donors (Lipinski definition) is 1. The van der Waals surface area contributed by atoms with Crippen LogP contribution in [0.1, 0.15) is 12.7 Å². The van der Waals surface area contributed by atoms with E-state index >= 15 is 0 Å². The van der Waals surface area contributed by atoms with Crippen molar-refractivity contribution in [1.29, 1.82) is 0 Å². The molecule has 0 saturated carbocycles. The molecule has 0 spiro atoms. The maximum atomic E-state index is 12.2. The predicted molar refractivity (Wildman–Crippen MR) is 71.6 cm³/mol. The lowest BCUT2D eigenvalue weighted by atomic mass is 10.1. The van der Waals surface area contributed by atoms with Gasteiger partial charge in [-0.15, -0.1) is 22.0 Å². The zero-order valence-corrected chi connectivity index (χ0v) is 12.2. The number of fused-ring (bicyclic) bond motifs is 1. The third-order valence-electron chi connectivity index (χ3n) is 3.26. The highest BCUT2D eigenvalue weighted by Crippen LogP contribution is 2.44. The molecular formula is C11H13N5O4S. The fourth-order valence-electron chi connectivity index (χ4n) is 2.31. The van der Waals surface area contributed by atoms with E-state index in [0.717, 1.165) is 5.57 Å². The largest absolute Gasteiger partial charge is 0.461 e. The van der Waals surface area contributed by atoms with E-state index in [0.29, 0.717) is 17.3 Å². The van der Waals surface area contributed by atoms with Crippen molar-refractivity contribution < 1.29 is 19.1 Å². The number of amides is 1. The molecule has 1 fully saturated rings. The summed E-state index contributed by atoms with van der Waals surface area (Å²) in [6.07, 6.45) is -0.466. The summed E-state index contributed by atoms with van der Waals surface area (Å²) in [6, 6.07) is 0. The first-order valence-corrected chi connectivity index (χ1v) is 7.25. The molecule has 1 aromatic heterocycles. The van der Waals surface area contributed by atoms with Crippen LogP contribution in [0.15, 0.2) is 5.57 Å². The molecule has 3 rings (SSSR count). The van der Waals surface area contributed by atoms with Gasteiger partial charge in [-0.25, -0.2) is 0 Å². The summed E-state index contributed by atoms with van der Waals surface area (Å²) in [6.45, 7) is 1.43. The maximum absolute atomic E-state index is 12.2. The van der Waals surface area contributed by atoms with Gasteiger partial charge in [-0.1, -0.05) is 0 Å². The van der Waals surface area contributed by atoms with E-state index in [2.05, 4.69) is 20.6 Å². The molecule has 0 radical (unpaired) electrons. The summed E-state index contributed by atoms with van der Waals surface area (Å²) in [5.74, 6) is 0.373. The minimum Gasteiger partial charge on any atom is -0.461 e. The number of β-lactam (4-membered cyclic amide) rings is 1. The van der Waals surface area contributed by atoms with E-state index in [1.54, 1.807) is 16.7 Å². The molecule has 0 bridgehead atoms. The quantitative estimate of drug-likeness (QED) is 0.580. The second kappa shape index (κ2) is 5.45. The molecule has 1 saturated heterocycles. The van der Waals surface area contributed by atoms with Crippen LogP contribution >= 0.6 is 11.8 Å². The van der Waals surface area contributed by atoms with Crippen molar-refractivity contribution in [1.82, 2.24) is 25.5 Å². The fourth-order valence-corrected chi connectivity index (χ4v) is 3.66. The summed E-state index contributed by atoms with van der Waals surface area (Å²) in [5.41, 5.74) is 1.32. The van der Waals surface area contributed by atoms with Crippen molar-refractivity contribution in [3.8, 4) is 0 Å². The number of methoxy groups -OCH3 is 1. The lowest BCUT2D eigenvalue weighted by Gasteiger charge is -2.48. The molecule has 2 aliphatic heterocycles. The number of tetrazole rings is 1. The number of esters is 1. The monoisotopic (exact) mass is 311 g/mol. The molecule has 1 aromatic rings. The highest BCUT2D eigenvalue weighted by Gasteiger charge is 2.53. The summed E-state index contributed by atoms with van der Waals surface area (Å²) < 4.78 is 10.2. The molecule has 112 valence electrons. The molecule has 2 aliphatic rings. The molecule has 9 nitrogen and oxygen atoms in total. The molecule has 21 heavy (non-hydrogen) atoms. The molecule has 3 heterocycles. The van der Waals surface area contributed by atoms with Crippen LogP contribution in [-0.2, 0) is 19.1 Å². The van der Waals surface area contributed by atoms with Gasteiger partial charge >= 0.3 is 5.97 Å². The van der Waals surface area contributed by atoms with Gasteiger partial charge in [0, 0.05) is 25.4 Å². The van der Waals surface area contributed by atoms with Crippen molar-refractivity contribution in [2.24, 2.45) is 0 Å². The molecular weight excluding hydrogens is 298 g/mol. The summed E-state index contributed by atoms with van der Waals surface area (Å²) in [4.78, 5) is 24.8. The lowest BCUT2D eigenvalue weighted by Crippen LogP contribution is -2.64. The number of rotatable bonds is 4. The number of nitrogens with zero attached hydrogens (tertiary/aromatic N) is 4. The Kier molecular flexibility index (Phi) is 3.64. The van der Waals surface area contributed by atoms with Gasteiger partial charge in [0.15, 0.2) is 6.10 Å². The second-order valence-corrected chi connectivity index (χ2v) is 5.64. The van der Waals surface area contributed by atoms with Gasteiger partial charge in [-0.05, 0) is 5.21 Å². The Balaban J connectivity index is 1.95. The van der Waals surface area contributed by atoms with Crippen molar-refractivity contribution >= 4 is 29.3 Å². The molecule has 0 unspecified atom stereocenters. The number of carbonyl (C=O) groups excluding carboxylic acids is 2. The maximum Gasteiger partial charge on any atom is 0.302 e.